The molecule has 0 unspecified atom stereocenters. The molecule has 0 bridgehead atoms. The molecule has 2 rings (SSSR count). The lowest BCUT2D eigenvalue weighted by Crippen LogP contribution is -1.93. The predicted octanol–water partition coefficient (Wildman–Crippen LogP) is 3.71. The standard InChI is InChI=1S/C13H12N2O3S2/c1-2-7-19-13-14-10(12(16)20-13)8-9-5-3-4-6-11(9)15(17)18/h3-6,8H,2,7H2,1H3/b10-8+. The van der Waals surface area contributed by atoms with Crippen LogP contribution in [0, 0.1) is 10.1 Å². The Morgan fingerprint density at radius 3 is 2.90 bits per heavy atom. The summed E-state index contributed by atoms with van der Waals surface area (Å²) in [5.41, 5.74) is 0.637. The number of hydrogen-bond acceptors (Lipinski definition) is 6. The number of rotatable bonds is 4. The van der Waals surface area contributed by atoms with Gasteiger partial charge in [0.1, 0.15) is 10.1 Å². The van der Waals surface area contributed by atoms with Gasteiger partial charge in [-0.3, -0.25) is 14.9 Å². The molecule has 5 nitrogen and oxygen atoms in total. The van der Waals surface area contributed by atoms with E-state index in [1.807, 2.05) is 0 Å². The molecule has 0 aliphatic carbocycles. The summed E-state index contributed by atoms with van der Waals surface area (Å²) in [5, 5.41) is 10.8. The second kappa shape index (κ2) is 6.71. The lowest BCUT2D eigenvalue weighted by Gasteiger charge is -1.97. The molecule has 1 aromatic carbocycles. The summed E-state index contributed by atoms with van der Waals surface area (Å²) in [4.78, 5) is 26.5. The van der Waals surface area contributed by atoms with Crippen molar-refractivity contribution in [3.63, 3.8) is 0 Å². The number of nitro benzene ring substituents is 1. The molecule has 20 heavy (non-hydrogen) atoms. The Hall–Kier alpha value is -1.60. The van der Waals surface area contributed by atoms with E-state index in [1.165, 1.54) is 23.9 Å². The largest absolute Gasteiger partial charge is 0.279 e. The number of thioether (sulfide) groups is 2. The minimum absolute atomic E-state index is 0.0253. The van der Waals surface area contributed by atoms with Crippen LogP contribution in [0.2, 0.25) is 0 Å². The fourth-order valence-electron chi connectivity index (χ4n) is 1.56. The first-order valence-electron chi connectivity index (χ1n) is 6.00. The second-order valence-corrected chi connectivity index (χ2v) is 6.26. The van der Waals surface area contributed by atoms with E-state index in [0.717, 1.165) is 23.9 Å². The van der Waals surface area contributed by atoms with Crippen LogP contribution in [0.25, 0.3) is 6.08 Å². The van der Waals surface area contributed by atoms with E-state index in [4.69, 9.17) is 0 Å². The number of nitro groups is 1. The molecule has 1 aliphatic heterocycles. The highest BCUT2D eigenvalue weighted by Gasteiger charge is 2.23. The van der Waals surface area contributed by atoms with Crippen molar-refractivity contribution in [1.29, 1.82) is 0 Å². The van der Waals surface area contributed by atoms with Gasteiger partial charge in [0.15, 0.2) is 0 Å². The molecule has 0 radical (unpaired) electrons. The van der Waals surface area contributed by atoms with Gasteiger partial charge in [-0.25, -0.2) is 4.99 Å². The zero-order valence-corrected chi connectivity index (χ0v) is 12.4. The highest BCUT2D eigenvalue weighted by molar-refractivity contribution is 8.45. The van der Waals surface area contributed by atoms with E-state index in [-0.39, 0.29) is 16.5 Å². The zero-order chi connectivity index (χ0) is 14.5. The fourth-order valence-corrected chi connectivity index (χ4v) is 3.33. The Morgan fingerprint density at radius 2 is 2.20 bits per heavy atom. The molecule has 0 saturated carbocycles. The van der Waals surface area contributed by atoms with Crippen molar-refractivity contribution < 1.29 is 9.72 Å². The molecule has 1 heterocycles. The van der Waals surface area contributed by atoms with E-state index in [1.54, 1.807) is 18.2 Å². The highest BCUT2D eigenvalue weighted by Crippen LogP contribution is 2.32. The maximum Gasteiger partial charge on any atom is 0.276 e. The van der Waals surface area contributed by atoms with Crippen molar-refractivity contribution in [2.24, 2.45) is 4.99 Å². The zero-order valence-electron chi connectivity index (χ0n) is 10.7. The van der Waals surface area contributed by atoms with Gasteiger partial charge < -0.3 is 0 Å². The van der Waals surface area contributed by atoms with Crippen LogP contribution in [0.3, 0.4) is 0 Å². The molecule has 0 N–H and O–H groups in total. The monoisotopic (exact) mass is 308 g/mol. The SMILES string of the molecule is CCCSC1=N/C(=C/c2ccccc2[N+](=O)[O-])C(=O)S1. The number of carbonyl (C=O) groups excluding carboxylic acids is 1. The summed E-state index contributed by atoms with van der Waals surface area (Å²) in [7, 11) is 0. The average molecular weight is 308 g/mol. The number of nitrogens with zero attached hydrogens (tertiary/aromatic N) is 2. The average Bonchev–Trinajstić information content (AvgIpc) is 2.77. The van der Waals surface area contributed by atoms with Gasteiger partial charge in [-0.15, -0.1) is 0 Å². The molecule has 0 atom stereocenters. The molecule has 0 saturated heterocycles. The van der Waals surface area contributed by atoms with Crippen LogP contribution < -0.4 is 0 Å². The number of aliphatic imine (C=N–C) groups is 1. The topological polar surface area (TPSA) is 72.6 Å². The van der Waals surface area contributed by atoms with Crippen LogP contribution in [-0.4, -0.2) is 20.2 Å². The van der Waals surface area contributed by atoms with E-state index in [2.05, 4.69) is 11.9 Å². The van der Waals surface area contributed by atoms with Crippen LogP contribution in [-0.2, 0) is 4.79 Å². The summed E-state index contributed by atoms with van der Waals surface area (Å²) in [6, 6.07) is 6.31. The molecular formula is C13H12N2O3S2. The van der Waals surface area contributed by atoms with Crippen LogP contribution in [0.15, 0.2) is 35.0 Å². The first-order valence-corrected chi connectivity index (χ1v) is 7.81. The van der Waals surface area contributed by atoms with Crippen LogP contribution in [0.1, 0.15) is 18.9 Å². The third-order valence-corrected chi connectivity index (χ3v) is 4.67. The maximum absolute atomic E-state index is 11.8. The van der Waals surface area contributed by atoms with Gasteiger partial charge >= 0.3 is 0 Å². The van der Waals surface area contributed by atoms with Crippen molar-refractivity contribution in [3.8, 4) is 0 Å². The van der Waals surface area contributed by atoms with Crippen molar-refractivity contribution in [2.45, 2.75) is 13.3 Å². The van der Waals surface area contributed by atoms with Gasteiger partial charge in [-0.1, -0.05) is 30.8 Å². The molecule has 0 aromatic heterocycles. The van der Waals surface area contributed by atoms with Crippen molar-refractivity contribution in [2.75, 3.05) is 5.75 Å². The van der Waals surface area contributed by atoms with E-state index in [0.29, 0.717) is 9.94 Å². The molecule has 104 valence electrons. The summed E-state index contributed by atoms with van der Waals surface area (Å²) in [6.07, 6.45) is 2.48. The molecule has 1 aliphatic rings. The molecule has 0 spiro atoms. The second-order valence-electron chi connectivity index (χ2n) is 3.96. The molecule has 1 aromatic rings. The molecular weight excluding hydrogens is 296 g/mol. The maximum atomic E-state index is 11.8. The minimum Gasteiger partial charge on any atom is -0.279 e. The van der Waals surface area contributed by atoms with Gasteiger partial charge in [0.05, 0.1) is 10.5 Å². The van der Waals surface area contributed by atoms with Gasteiger partial charge in [0, 0.05) is 6.07 Å². The summed E-state index contributed by atoms with van der Waals surface area (Å²) < 4.78 is 0.710. The summed E-state index contributed by atoms with van der Waals surface area (Å²) >= 11 is 2.61. The molecule has 0 amide bonds. The van der Waals surface area contributed by atoms with Crippen molar-refractivity contribution in [1.82, 2.24) is 0 Å². The van der Waals surface area contributed by atoms with E-state index >= 15 is 0 Å². The number of para-hydroxylation sites is 1. The van der Waals surface area contributed by atoms with Crippen molar-refractivity contribution >= 4 is 44.8 Å². The molecule has 7 heteroatoms. The van der Waals surface area contributed by atoms with Gasteiger partial charge in [-0.05, 0) is 36.1 Å². The van der Waals surface area contributed by atoms with Crippen molar-refractivity contribution in [3.05, 3.63) is 45.6 Å². The number of carbonyl (C=O) groups is 1. The van der Waals surface area contributed by atoms with Gasteiger partial charge in [-0.2, -0.15) is 0 Å². The third kappa shape index (κ3) is 3.49. The Morgan fingerprint density at radius 1 is 1.45 bits per heavy atom. The molecule has 0 fully saturated rings. The highest BCUT2D eigenvalue weighted by atomic mass is 32.2. The van der Waals surface area contributed by atoms with Crippen LogP contribution >= 0.6 is 23.5 Å². The minimum atomic E-state index is -0.463. The third-order valence-electron chi connectivity index (χ3n) is 2.46. The quantitative estimate of drug-likeness (QED) is 0.481. The number of benzene rings is 1. The van der Waals surface area contributed by atoms with Gasteiger partial charge in [0.25, 0.3) is 5.69 Å². The first-order chi connectivity index (χ1) is 9.61. The number of hydrogen-bond donors (Lipinski definition) is 0. The van der Waals surface area contributed by atoms with Gasteiger partial charge in [0.2, 0.25) is 5.12 Å². The van der Waals surface area contributed by atoms with Crippen LogP contribution in [0.4, 0.5) is 5.69 Å². The predicted molar refractivity (Wildman–Crippen MR) is 83.9 cm³/mol. The summed E-state index contributed by atoms with van der Waals surface area (Å²) in [6.45, 7) is 2.05. The Kier molecular flexibility index (Phi) is 4.97. The Balaban J connectivity index is 2.29. The Bertz CT molecular complexity index is 611. The smallest absolute Gasteiger partial charge is 0.276 e. The lowest BCUT2D eigenvalue weighted by atomic mass is 10.1. The normalized spacial score (nSPS) is 16.6. The lowest BCUT2D eigenvalue weighted by molar-refractivity contribution is -0.385. The van der Waals surface area contributed by atoms with E-state index in [9.17, 15) is 14.9 Å². The fraction of sp³-hybridized carbons (Fsp3) is 0.231. The summed E-state index contributed by atoms with van der Waals surface area (Å²) in [5.74, 6) is 0.901. The Labute approximate surface area is 124 Å². The first kappa shape index (κ1) is 14.8. The van der Waals surface area contributed by atoms with Crippen LogP contribution in [0.5, 0.6) is 0 Å². The van der Waals surface area contributed by atoms with E-state index < -0.39 is 4.92 Å².